The van der Waals surface area contributed by atoms with Crippen molar-refractivity contribution < 1.29 is 4.84 Å². The highest BCUT2D eigenvalue weighted by molar-refractivity contribution is 9.39. The van der Waals surface area contributed by atoms with E-state index in [1.807, 2.05) is 0 Å². The highest BCUT2D eigenvalue weighted by Gasteiger charge is 1.75. The number of nitrogens with zero attached hydrogens (tertiary/aromatic N) is 1. The van der Waals surface area contributed by atoms with Gasteiger partial charge in [0.2, 0.25) is 0 Å². The maximum absolute atomic E-state index is 4.30. The molecule has 0 aliphatic rings. The molecule has 0 saturated heterocycles. The molecule has 0 aromatic rings. The highest BCUT2D eigenvalue weighted by atomic mass is 79.9. The second kappa shape index (κ2) is 3.61. The smallest absolute Gasteiger partial charge is 0.187 e. The van der Waals surface area contributed by atoms with Gasteiger partial charge in [0.05, 0.1) is 0 Å². The van der Waals surface area contributed by atoms with Gasteiger partial charge in [0.1, 0.15) is 7.11 Å². The first-order valence-corrected chi connectivity index (χ1v) is 2.78. The summed E-state index contributed by atoms with van der Waals surface area (Å²) in [7, 11) is 1.47. The van der Waals surface area contributed by atoms with Crippen molar-refractivity contribution in [1.29, 1.82) is 0 Å². The van der Waals surface area contributed by atoms with Crippen molar-refractivity contribution in [3.05, 3.63) is 0 Å². The van der Waals surface area contributed by atoms with Crippen LogP contribution in [0.5, 0.6) is 0 Å². The van der Waals surface area contributed by atoms with E-state index in [2.05, 4.69) is 41.9 Å². The number of hydrogen-bond donors (Lipinski definition) is 0. The van der Waals surface area contributed by atoms with E-state index in [1.54, 1.807) is 0 Å². The summed E-state index contributed by atoms with van der Waals surface area (Å²) in [5.74, 6) is 0. The molecular formula is C2H3Br2NO. The maximum Gasteiger partial charge on any atom is 0.187 e. The molecule has 0 aromatic carbocycles. The number of oxime groups is 1. The Labute approximate surface area is 52.8 Å². The van der Waals surface area contributed by atoms with Gasteiger partial charge in [0.15, 0.2) is 3.53 Å². The Morgan fingerprint density at radius 1 is 1.67 bits per heavy atom. The summed E-state index contributed by atoms with van der Waals surface area (Å²) >= 11 is 5.95. The van der Waals surface area contributed by atoms with E-state index >= 15 is 0 Å². The van der Waals surface area contributed by atoms with Gasteiger partial charge in [-0.1, -0.05) is 5.16 Å². The third-order valence-corrected chi connectivity index (χ3v) is 0.450. The maximum atomic E-state index is 4.30. The summed E-state index contributed by atoms with van der Waals surface area (Å²) < 4.78 is 0.567. The van der Waals surface area contributed by atoms with Crippen molar-refractivity contribution in [3.63, 3.8) is 0 Å². The Balaban J connectivity index is 3.14. The van der Waals surface area contributed by atoms with Crippen molar-refractivity contribution in [3.8, 4) is 0 Å². The van der Waals surface area contributed by atoms with Crippen LogP contribution in [0.2, 0.25) is 0 Å². The van der Waals surface area contributed by atoms with Crippen LogP contribution < -0.4 is 0 Å². The molecule has 2 nitrogen and oxygen atoms in total. The molecule has 0 fully saturated rings. The molecular weight excluding hydrogens is 214 g/mol. The lowest BCUT2D eigenvalue weighted by molar-refractivity contribution is 0.216. The van der Waals surface area contributed by atoms with Crippen LogP contribution in [0.3, 0.4) is 0 Å². The van der Waals surface area contributed by atoms with Crippen LogP contribution in [0.4, 0.5) is 0 Å². The van der Waals surface area contributed by atoms with Gasteiger partial charge in [-0.25, -0.2) is 0 Å². The van der Waals surface area contributed by atoms with Crippen LogP contribution in [0.25, 0.3) is 0 Å². The zero-order chi connectivity index (χ0) is 4.99. The van der Waals surface area contributed by atoms with Gasteiger partial charge in [-0.3, -0.25) is 0 Å². The van der Waals surface area contributed by atoms with E-state index in [0.717, 1.165) is 0 Å². The van der Waals surface area contributed by atoms with E-state index < -0.39 is 0 Å². The summed E-state index contributed by atoms with van der Waals surface area (Å²) in [6.07, 6.45) is 0. The molecule has 0 heterocycles. The zero-order valence-electron chi connectivity index (χ0n) is 3.11. The summed E-state index contributed by atoms with van der Waals surface area (Å²) in [4.78, 5) is 4.30. The predicted molar refractivity (Wildman–Crippen MR) is 32.3 cm³/mol. The van der Waals surface area contributed by atoms with Gasteiger partial charge in [-0.05, 0) is 31.9 Å². The minimum atomic E-state index is 0.567. The largest absolute Gasteiger partial charge is 0.398 e. The molecule has 0 rings (SSSR count). The Morgan fingerprint density at radius 3 is 2.17 bits per heavy atom. The lowest BCUT2D eigenvalue weighted by Crippen LogP contribution is -1.69. The van der Waals surface area contributed by atoms with E-state index in [1.165, 1.54) is 7.11 Å². The molecule has 0 unspecified atom stereocenters. The molecule has 0 aliphatic carbocycles. The molecule has 4 heteroatoms. The lowest BCUT2D eigenvalue weighted by Gasteiger charge is -1.80. The van der Waals surface area contributed by atoms with E-state index in [9.17, 15) is 0 Å². The molecule has 0 spiro atoms. The van der Waals surface area contributed by atoms with Crippen molar-refractivity contribution in [2.24, 2.45) is 5.16 Å². The second-order valence-corrected chi connectivity index (χ2v) is 3.08. The van der Waals surface area contributed by atoms with Gasteiger partial charge in [0.25, 0.3) is 0 Å². The van der Waals surface area contributed by atoms with Crippen LogP contribution in [-0.4, -0.2) is 10.6 Å². The fourth-order valence-corrected chi connectivity index (χ4v) is 0.359. The van der Waals surface area contributed by atoms with Crippen LogP contribution in [0, 0.1) is 0 Å². The first-order valence-electron chi connectivity index (χ1n) is 1.19. The van der Waals surface area contributed by atoms with Crippen molar-refractivity contribution in [2.75, 3.05) is 7.11 Å². The van der Waals surface area contributed by atoms with Gasteiger partial charge in [-0.15, -0.1) is 0 Å². The van der Waals surface area contributed by atoms with E-state index in [-0.39, 0.29) is 0 Å². The summed E-state index contributed by atoms with van der Waals surface area (Å²) in [5, 5.41) is 3.38. The molecule has 0 radical (unpaired) electrons. The predicted octanol–water partition coefficient (Wildman–Crippen LogP) is 1.69. The van der Waals surface area contributed by atoms with Crippen LogP contribution in [0.15, 0.2) is 5.16 Å². The molecule has 0 amide bonds. The molecule has 6 heavy (non-hydrogen) atoms. The second-order valence-electron chi connectivity index (χ2n) is 0.514. The van der Waals surface area contributed by atoms with Crippen LogP contribution >= 0.6 is 31.9 Å². The van der Waals surface area contributed by atoms with Crippen molar-refractivity contribution in [2.45, 2.75) is 0 Å². The number of rotatable bonds is 1. The summed E-state index contributed by atoms with van der Waals surface area (Å²) in [6.45, 7) is 0. The van der Waals surface area contributed by atoms with Crippen molar-refractivity contribution in [1.82, 2.24) is 0 Å². The minimum Gasteiger partial charge on any atom is -0.398 e. The average molecular weight is 217 g/mol. The lowest BCUT2D eigenvalue weighted by atomic mass is 11.7. The fraction of sp³-hybridized carbons (Fsp3) is 0.500. The molecule has 0 aliphatic heterocycles. The summed E-state index contributed by atoms with van der Waals surface area (Å²) in [5.41, 5.74) is 0. The molecule has 0 atom stereocenters. The van der Waals surface area contributed by atoms with Gasteiger partial charge in [0, 0.05) is 0 Å². The first-order chi connectivity index (χ1) is 2.77. The average Bonchev–Trinajstić information content (AvgIpc) is 1.35. The SMILES string of the molecule is CON=C(Br)Br. The topological polar surface area (TPSA) is 21.6 Å². The number of halogens is 2. The van der Waals surface area contributed by atoms with Crippen LogP contribution in [-0.2, 0) is 4.84 Å². The first kappa shape index (κ1) is 6.43. The van der Waals surface area contributed by atoms with E-state index in [4.69, 9.17) is 0 Å². The molecule has 0 saturated carbocycles. The van der Waals surface area contributed by atoms with Gasteiger partial charge in [-0.2, -0.15) is 0 Å². The Hall–Kier alpha value is 0.430. The van der Waals surface area contributed by atoms with Gasteiger partial charge >= 0.3 is 0 Å². The number of hydrogen-bond acceptors (Lipinski definition) is 2. The Kier molecular flexibility index (Phi) is 3.87. The highest BCUT2D eigenvalue weighted by Crippen LogP contribution is 1.96. The monoisotopic (exact) mass is 215 g/mol. The molecule has 0 aromatic heterocycles. The normalized spacial score (nSPS) is 7.17. The van der Waals surface area contributed by atoms with Crippen molar-refractivity contribution >= 4 is 35.4 Å². The standard InChI is InChI=1S/C2H3Br2NO/c1-6-5-2(3)4/h1H3. The third-order valence-electron chi connectivity index (χ3n) is 0.160. The third kappa shape index (κ3) is 4.43. The molecule has 0 N–H and O–H groups in total. The zero-order valence-corrected chi connectivity index (χ0v) is 6.28. The van der Waals surface area contributed by atoms with Gasteiger partial charge < -0.3 is 4.84 Å². The quantitative estimate of drug-likeness (QED) is 0.483. The molecule has 36 valence electrons. The Morgan fingerprint density at radius 2 is 2.17 bits per heavy atom. The Bertz CT molecular complexity index is 58.6. The fourth-order valence-electron chi connectivity index (χ4n) is 0.0690. The molecule has 0 bridgehead atoms. The summed E-state index contributed by atoms with van der Waals surface area (Å²) in [6, 6.07) is 0. The van der Waals surface area contributed by atoms with Crippen LogP contribution in [0.1, 0.15) is 0 Å². The van der Waals surface area contributed by atoms with E-state index in [0.29, 0.717) is 3.53 Å². The minimum absolute atomic E-state index is 0.567.